The molecule has 3 N–H and O–H groups in total. The summed E-state index contributed by atoms with van der Waals surface area (Å²) in [6, 6.07) is 7.38. The van der Waals surface area contributed by atoms with E-state index in [0.29, 0.717) is 15.6 Å². The minimum atomic E-state index is -0.762. The topological polar surface area (TPSA) is 38.0 Å². The molecule has 0 aromatic heterocycles. The normalized spacial score (nSPS) is 12.5. The highest BCUT2D eigenvalue weighted by Gasteiger charge is 2.21. The third-order valence-corrected chi connectivity index (χ3v) is 3.39. The van der Waals surface area contributed by atoms with Crippen molar-refractivity contribution in [3.05, 3.63) is 69.2 Å². The molecule has 19 heavy (non-hydrogen) atoms. The first kappa shape index (κ1) is 14.2. The Labute approximate surface area is 119 Å². The Kier molecular flexibility index (Phi) is 4.37. The molecule has 0 amide bonds. The second kappa shape index (κ2) is 5.84. The summed E-state index contributed by atoms with van der Waals surface area (Å²) in [6.07, 6.45) is 0. The van der Waals surface area contributed by atoms with Crippen LogP contribution in [-0.2, 0) is 0 Å². The van der Waals surface area contributed by atoms with Gasteiger partial charge in [-0.05, 0) is 18.2 Å². The van der Waals surface area contributed by atoms with Crippen molar-refractivity contribution in [3.63, 3.8) is 0 Å². The third kappa shape index (κ3) is 2.87. The van der Waals surface area contributed by atoms with Crippen molar-refractivity contribution in [2.75, 3.05) is 0 Å². The van der Waals surface area contributed by atoms with Gasteiger partial charge < -0.3 is 0 Å². The molecular formula is C13H10Cl2F2N2. The molecule has 0 saturated heterocycles. The number of rotatable bonds is 3. The summed E-state index contributed by atoms with van der Waals surface area (Å²) in [5, 5.41) is 0.693. The molecule has 2 aromatic carbocycles. The number of hydrogen-bond acceptors (Lipinski definition) is 2. The lowest BCUT2D eigenvalue weighted by molar-refractivity contribution is 0.541. The van der Waals surface area contributed by atoms with Gasteiger partial charge in [-0.15, -0.1) is 0 Å². The fourth-order valence-corrected chi connectivity index (χ4v) is 2.47. The highest BCUT2D eigenvalue weighted by Crippen LogP contribution is 2.34. The van der Waals surface area contributed by atoms with E-state index < -0.39 is 17.7 Å². The van der Waals surface area contributed by atoms with Gasteiger partial charge >= 0.3 is 0 Å². The van der Waals surface area contributed by atoms with Gasteiger partial charge in [0.05, 0.1) is 6.04 Å². The minimum absolute atomic E-state index is 0.166. The van der Waals surface area contributed by atoms with Crippen LogP contribution in [0.2, 0.25) is 10.0 Å². The van der Waals surface area contributed by atoms with Gasteiger partial charge in [0.25, 0.3) is 0 Å². The van der Waals surface area contributed by atoms with E-state index in [1.54, 1.807) is 18.2 Å². The molecule has 0 heterocycles. The highest BCUT2D eigenvalue weighted by molar-refractivity contribution is 6.36. The number of nitrogens with one attached hydrogen (secondary N) is 1. The Balaban J connectivity index is 2.56. The van der Waals surface area contributed by atoms with E-state index in [-0.39, 0.29) is 5.56 Å². The Morgan fingerprint density at radius 1 is 1.05 bits per heavy atom. The van der Waals surface area contributed by atoms with Gasteiger partial charge in [-0.25, -0.2) is 14.2 Å². The number of hydrazine groups is 1. The quantitative estimate of drug-likeness (QED) is 0.668. The summed E-state index contributed by atoms with van der Waals surface area (Å²) in [6.45, 7) is 0. The summed E-state index contributed by atoms with van der Waals surface area (Å²) >= 11 is 12.1. The first-order valence-corrected chi connectivity index (χ1v) is 6.15. The first-order chi connectivity index (χ1) is 9.04. The van der Waals surface area contributed by atoms with Crippen LogP contribution in [0.4, 0.5) is 8.78 Å². The molecule has 2 aromatic rings. The summed E-state index contributed by atoms with van der Waals surface area (Å²) in [5.41, 5.74) is 3.05. The Morgan fingerprint density at radius 2 is 1.68 bits per heavy atom. The molecule has 2 rings (SSSR count). The molecule has 0 aliphatic heterocycles. The number of hydrogen-bond donors (Lipinski definition) is 2. The van der Waals surface area contributed by atoms with E-state index in [9.17, 15) is 8.78 Å². The molecule has 0 aliphatic rings. The second-order valence-corrected chi connectivity index (χ2v) is 4.72. The van der Waals surface area contributed by atoms with E-state index >= 15 is 0 Å². The van der Waals surface area contributed by atoms with Crippen molar-refractivity contribution in [2.45, 2.75) is 6.04 Å². The maximum Gasteiger partial charge on any atom is 0.131 e. The van der Waals surface area contributed by atoms with Crippen LogP contribution in [0.25, 0.3) is 0 Å². The molecule has 0 radical (unpaired) electrons. The molecule has 6 heteroatoms. The molecule has 0 saturated carbocycles. The third-order valence-electron chi connectivity index (χ3n) is 2.73. The predicted molar refractivity (Wildman–Crippen MR) is 72.0 cm³/mol. The Hall–Kier alpha value is -1.20. The smallest absolute Gasteiger partial charge is 0.131 e. The van der Waals surface area contributed by atoms with Crippen molar-refractivity contribution < 1.29 is 8.78 Å². The van der Waals surface area contributed by atoms with Crippen LogP contribution < -0.4 is 11.3 Å². The van der Waals surface area contributed by atoms with Gasteiger partial charge in [0.15, 0.2) is 0 Å². The van der Waals surface area contributed by atoms with Crippen LogP contribution >= 0.6 is 23.2 Å². The van der Waals surface area contributed by atoms with Crippen LogP contribution in [-0.4, -0.2) is 0 Å². The SMILES string of the molecule is NNC(c1ccc(F)cc1F)c1c(Cl)cccc1Cl. The van der Waals surface area contributed by atoms with Crippen LogP contribution in [0.3, 0.4) is 0 Å². The minimum Gasteiger partial charge on any atom is -0.271 e. The van der Waals surface area contributed by atoms with Crippen LogP contribution in [0.15, 0.2) is 36.4 Å². The highest BCUT2D eigenvalue weighted by atomic mass is 35.5. The monoisotopic (exact) mass is 302 g/mol. The zero-order valence-electron chi connectivity index (χ0n) is 9.63. The lowest BCUT2D eigenvalue weighted by atomic mass is 9.98. The molecule has 0 aliphatic carbocycles. The summed E-state index contributed by atoms with van der Waals surface area (Å²) in [5.74, 6) is 4.07. The van der Waals surface area contributed by atoms with E-state index in [1.165, 1.54) is 6.07 Å². The molecule has 1 atom stereocenters. The van der Waals surface area contributed by atoms with Crippen molar-refractivity contribution in [1.82, 2.24) is 5.43 Å². The molecule has 2 nitrogen and oxygen atoms in total. The van der Waals surface area contributed by atoms with Gasteiger partial charge in [0, 0.05) is 27.2 Å². The summed E-state index contributed by atoms with van der Waals surface area (Å²) < 4.78 is 26.7. The maximum atomic E-state index is 13.8. The van der Waals surface area contributed by atoms with Gasteiger partial charge in [-0.2, -0.15) is 0 Å². The van der Waals surface area contributed by atoms with E-state index in [1.807, 2.05) is 0 Å². The van der Waals surface area contributed by atoms with Crippen molar-refractivity contribution >= 4 is 23.2 Å². The van der Waals surface area contributed by atoms with Gasteiger partial charge in [-0.1, -0.05) is 35.3 Å². The molecule has 0 spiro atoms. The van der Waals surface area contributed by atoms with E-state index in [2.05, 4.69) is 5.43 Å². The van der Waals surface area contributed by atoms with E-state index in [0.717, 1.165) is 12.1 Å². The molecular weight excluding hydrogens is 293 g/mol. The van der Waals surface area contributed by atoms with Gasteiger partial charge in [0.2, 0.25) is 0 Å². The lowest BCUT2D eigenvalue weighted by Gasteiger charge is -2.20. The average molecular weight is 303 g/mol. The zero-order chi connectivity index (χ0) is 14.0. The average Bonchev–Trinajstić information content (AvgIpc) is 2.35. The van der Waals surface area contributed by atoms with Crippen molar-refractivity contribution in [1.29, 1.82) is 0 Å². The predicted octanol–water partition coefficient (Wildman–Crippen LogP) is 3.82. The Bertz CT molecular complexity index is 585. The summed E-state index contributed by atoms with van der Waals surface area (Å²) in [7, 11) is 0. The lowest BCUT2D eigenvalue weighted by Crippen LogP contribution is -2.30. The number of nitrogens with two attached hydrogens (primary N) is 1. The number of halogens is 4. The second-order valence-electron chi connectivity index (χ2n) is 3.90. The standard InChI is InChI=1S/C13H10Cl2F2N2/c14-9-2-1-3-10(15)12(9)13(19-18)8-5-4-7(16)6-11(8)17/h1-6,13,19H,18H2. The van der Waals surface area contributed by atoms with Crippen molar-refractivity contribution in [3.8, 4) is 0 Å². The first-order valence-electron chi connectivity index (χ1n) is 5.39. The largest absolute Gasteiger partial charge is 0.271 e. The van der Waals surface area contributed by atoms with Crippen LogP contribution in [0, 0.1) is 11.6 Å². The zero-order valence-corrected chi connectivity index (χ0v) is 11.1. The molecule has 0 bridgehead atoms. The van der Waals surface area contributed by atoms with Gasteiger partial charge in [-0.3, -0.25) is 5.84 Å². The molecule has 100 valence electrons. The number of benzene rings is 2. The summed E-state index contributed by atoms with van der Waals surface area (Å²) in [4.78, 5) is 0. The molecule has 0 fully saturated rings. The maximum absolute atomic E-state index is 13.8. The van der Waals surface area contributed by atoms with Crippen molar-refractivity contribution in [2.24, 2.45) is 5.84 Å². The van der Waals surface area contributed by atoms with Crippen LogP contribution in [0.5, 0.6) is 0 Å². The van der Waals surface area contributed by atoms with E-state index in [4.69, 9.17) is 29.0 Å². The van der Waals surface area contributed by atoms with Crippen LogP contribution in [0.1, 0.15) is 17.2 Å². The van der Waals surface area contributed by atoms with Gasteiger partial charge in [0.1, 0.15) is 11.6 Å². The fourth-order valence-electron chi connectivity index (χ4n) is 1.85. The fraction of sp³-hybridized carbons (Fsp3) is 0.0769. The molecule has 1 unspecified atom stereocenters. The Morgan fingerprint density at radius 3 is 2.21 bits per heavy atom.